The van der Waals surface area contributed by atoms with Crippen LogP contribution in [0.5, 0.6) is 0 Å². The zero-order chi connectivity index (χ0) is 17.3. The summed E-state index contributed by atoms with van der Waals surface area (Å²) < 4.78 is 22.9. The number of hydrogen-bond acceptors (Lipinski definition) is 6. The molecule has 0 aliphatic heterocycles. The lowest BCUT2D eigenvalue weighted by Crippen LogP contribution is -2.11. The van der Waals surface area contributed by atoms with Crippen molar-refractivity contribution in [3.63, 3.8) is 0 Å². The standard InChI is InChI=1S/C16H14N2O3S3/c1-10-14(23-16(17-10)11-7-8-22-9-11)15(19)18-12-3-5-13(6-4-12)24(2,20)21/h3-9H,1-2H3,(H,18,19). The van der Waals surface area contributed by atoms with E-state index in [1.165, 1.54) is 23.5 Å². The van der Waals surface area contributed by atoms with Gasteiger partial charge < -0.3 is 5.32 Å². The number of aryl methyl sites for hydroxylation is 1. The van der Waals surface area contributed by atoms with Gasteiger partial charge in [0.2, 0.25) is 0 Å². The summed E-state index contributed by atoms with van der Waals surface area (Å²) in [6.07, 6.45) is 1.15. The molecule has 0 aliphatic rings. The predicted molar refractivity (Wildman–Crippen MR) is 97.7 cm³/mol. The number of sulfone groups is 1. The number of nitrogens with zero attached hydrogens (tertiary/aromatic N) is 1. The van der Waals surface area contributed by atoms with E-state index in [1.807, 2.05) is 16.8 Å². The van der Waals surface area contributed by atoms with Crippen molar-refractivity contribution in [1.29, 1.82) is 0 Å². The number of thiazole rings is 1. The average molecular weight is 379 g/mol. The summed E-state index contributed by atoms with van der Waals surface area (Å²) in [5.41, 5.74) is 2.22. The van der Waals surface area contributed by atoms with E-state index in [0.29, 0.717) is 16.3 Å². The number of hydrogen-bond donors (Lipinski definition) is 1. The largest absolute Gasteiger partial charge is 0.321 e. The van der Waals surface area contributed by atoms with Gasteiger partial charge in [0.15, 0.2) is 9.84 Å². The van der Waals surface area contributed by atoms with E-state index in [0.717, 1.165) is 16.8 Å². The van der Waals surface area contributed by atoms with Crippen LogP contribution in [-0.2, 0) is 9.84 Å². The number of aromatic nitrogens is 1. The molecular formula is C16H14N2O3S3. The average Bonchev–Trinajstić information content (AvgIpc) is 3.16. The van der Waals surface area contributed by atoms with Gasteiger partial charge in [0.1, 0.15) is 9.88 Å². The highest BCUT2D eigenvalue weighted by molar-refractivity contribution is 7.90. The first-order valence-corrected chi connectivity index (χ1v) is 10.6. The highest BCUT2D eigenvalue weighted by Gasteiger charge is 2.17. The third kappa shape index (κ3) is 3.55. The molecule has 1 amide bonds. The lowest BCUT2D eigenvalue weighted by Gasteiger charge is -2.05. The van der Waals surface area contributed by atoms with Crippen LogP contribution in [0.25, 0.3) is 10.6 Å². The van der Waals surface area contributed by atoms with E-state index < -0.39 is 9.84 Å². The van der Waals surface area contributed by atoms with Gasteiger partial charge in [0.25, 0.3) is 5.91 Å². The molecular weight excluding hydrogens is 364 g/mol. The van der Waals surface area contributed by atoms with E-state index >= 15 is 0 Å². The molecule has 8 heteroatoms. The summed E-state index contributed by atoms with van der Waals surface area (Å²) in [5.74, 6) is -0.251. The maximum atomic E-state index is 12.4. The Balaban J connectivity index is 1.80. The van der Waals surface area contributed by atoms with Crippen LogP contribution >= 0.6 is 22.7 Å². The fourth-order valence-corrected chi connectivity index (χ4v) is 4.39. The van der Waals surface area contributed by atoms with Crippen LogP contribution in [0.3, 0.4) is 0 Å². The monoisotopic (exact) mass is 378 g/mol. The summed E-state index contributed by atoms with van der Waals surface area (Å²) in [4.78, 5) is 17.7. The zero-order valence-corrected chi connectivity index (χ0v) is 15.4. The number of thiophene rings is 1. The number of carbonyl (C=O) groups excluding carboxylic acids is 1. The minimum absolute atomic E-state index is 0.217. The quantitative estimate of drug-likeness (QED) is 0.748. The summed E-state index contributed by atoms with van der Waals surface area (Å²) in [6.45, 7) is 1.80. The molecule has 3 aromatic rings. The molecule has 1 N–H and O–H groups in total. The molecule has 0 bridgehead atoms. The Labute approximate surface area is 147 Å². The molecule has 0 radical (unpaired) electrons. The van der Waals surface area contributed by atoms with Gasteiger partial charge in [-0.3, -0.25) is 4.79 Å². The minimum atomic E-state index is -3.25. The first kappa shape index (κ1) is 16.8. The fraction of sp³-hybridized carbons (Fsp3) is 0.125. The molecule has 124 valence electrons. The Morgan fingerprint density at radius 3 is 2.46 bits per heavy atom. The normalized spacial score (nSPS) is 11.4. The number of anilines is 1. The minimum Gasteiger partial charge on any atom is -0.321 e. The van der Waals surface area contributed by atoms with Crippen LogP contribution in [0.15, 0.2) is 46.0 Å². The molecule has 0 saturated carbocycles. The van der Waals surface area contributed by atoms with E-state index in [-0.39, 0.29) is 10.8 Å². The molecule has 0 unspecified atom stereocenters. The Kier molecular flexibility index (Phi) is 4.53. The summed E-state index contributed by atoms with van der Waals surface area (Å²) >= 11 is 2.92. The van der Waals surface area contributed by atoms with Crippen LogP contribution in [0, 0.1) is 6.92 Å². The Morgan fingerprint density at radius 2 is 1.88 bits per heavy atom. The molecule has 1 aromatic carbocycles. The van der Waals surface area contributed by atoms with Gasteiger partial charge in [-0.05, 0) is 42.6 Å². The van der Waals surface area contributed by atoms with Crippen LogP contribution in [0.2, 0.25) is 0 Å². The van der Waals surface area contributed by atoms with Crippen molar-refractivity contribution in [2.24, 2.45) is 0 Å². The maximum absolute atomic E-state index is 12.4. The van der Waals surface area contributed by atoms with Crippen molar-refractivity contribution < 1.29 is 13.2 Å². The van der Waals surface area contributed by atoms with Crippen molar-refractivity contribution >= 4 is 44.1 Å². The molecule has 2 heterocycles. The summed E-state index contributed by atoms with van der Waals surface area (Å²) in [6, 6.07) is 8.06. The van der Waals surface area contributed by atoms with Gasteiger partial charge in [-0.1, -0.05) is 0 Å². The molecule has 0 spiro atoms. The predicted octanol–water partition coefficient (Wildman–Crippen LogP) is 3.84. The zero-order valence-electron chi connectivity index (χ0n) is 12.9. The first-order chi connectivity index (χ1) is 11.3. The molecule has 3 rings (SSSR count). The van der Waals surface area contributed by atoms with E-state index in [2.05, 4.69) is 10.3 Å². The van der Waals surface area contributed by atoms with Gasteiger partial charge in [-0.25, -0.2) is 13.4 Å². The first-order valence-electron chi connectivity index (χ1n) is 6.96. The second-order valence-electron chi connectivity index (χ2n) is 5.20. The van der Waals surface area contributed by atoms with E-state index in [9.17, 15) is 13.2 Å². The lowest BCUT2D eigenvalue weighted by atomic mass is 10.3. The number of benzene rings is 1. The SMILES string of the molecule is Cc1nc(-c2ccsc2)sc1C(=O)Nc1ccc(S(C)(=O)=O)cc1. The van der Waals surface area contributed by atoms with Gasteiger partial charge in [0, 0.05) is 22.9 Å². The molecule has 2 aromatic heterocycles. The van der Waals surface area contributed by atoms with Gasteiger partial charge in [-0.15, -0.1) is 11.3 Å². The molecule has 0 fully saturated rings. The fourth-order valence-electron chi connectivity index (χ4n) is 2.09. The van der Waals surface area contributed by atoms with Gasteiger partial charge in [-0.2, -0.15) is 11.3 Å². The molecule has 0 atom stereocenters. The molecule has 0 saturated heterocycles. The van der Waals surface area contributed by atoms with E-state index in [1.54, 1.807) is 30.4 Å². The van der Waals surface area contributed by atoms with Crippen molar-refractivity contribution in [2.45, 2.75) is 11.8 Å². The number of amides is 1. The molecule has 5 nitrogen and oxygen atoms in total. The van der Waals surface area contributed by atoms with Gasteiger partial charge in [0.05, 0.1) is 10.6 Å². The number of carbonyl (C=O) groups is 1. The summed E-state index contributed by atoms with van der Waals surface area (Å²) in [5, 5.41) is 7.54. The second kappa shape index (κ2) is 6.46. The second-order valence-corrected chi connectivity index (χ2v) is 8.99. The van der Waals surface area contributed by atoms with Crippen molar-refractivity contribution in [1.82, 2.24) is 4.98 Å². The maximum Gasteiger partial charge on any atom is 0.267 e. The van der Waals surface area contributed by atoms with Crippen LogP contribution < -0.4 is 5.32 Å². The van der Waals surface area contributed by atoms with Crippen molar-refractivity contribution in [3.05, 3.63) is 51.7 Å². The van der Waals surface area contributed by atoms with Crippen LogP contribution in [0.1, 0.15) is 15.4 Å². The molecule has 0 aliphatic carbocycles. The Bertz CT molecular complexity index is 972. The van der Waals surface area contributed by atoms with Gasteiger partial charge >= 0.3 is 0 Å². The number of rotatable bonds is 4. The number of nitrogens with one attached hydrogen (secondary N) is 1. The molecule has 24 heavy (non-hydrogen) atoms. The van der Waals surface area contributed by atoms with Crippen LogP contribution in [0.4, 0.5) is 5.69 Å². The summed E-state index contributed by atoms with van der Waals surface area (Å²) in [7, 11) is -3.25. The van der Waals surface area contributed by atoms with Crippen molar-refractivity contribution in [3.8, 4) is 10.6 Å². The van der Waals surface area contributed by atoms with Crippen LogP contribution in [-0.4, -0.2) is 25.6 Å². The topological polar surface area (TPSA) is 76.1 Å². The highest BCUT2D eigenvalue weighted by atomic mass is 32.2. The highest BCUT2D eigenvalue weighted by Crippen LogP contribution is 2.30. The van der Waals surface area contributed by atoms with E-state index in [4.69, 9.17) is 0 Å². The third-order valence-corrected chi connectivity index (χ3v) is 6.33. The third-order valence-electron chi connectivity index (χ3n) is 3.31. The Hall–Kier alpha value is -2.03. The smallest absolute Gasteiger partial charge is 0.267 e. The Morgan fingerprint density at radius 1 is 1.17 bits per heavy atom. The lowest BCUT2D eigenvalue weighted by molar-refractivity contribution is 0.103. The van der Waals surface area contributed by atoms with Crippen molar-refractivity contribution in [2.75, 3.05) is 11.6 Å².